The van der Waals surface area contributed by atoms with Crippen LogP contribution >= 0.6 is 11.6 Å². The molecule has 0 aliphatic carbocycles. The van der Waals surface area contributed by atoms with Crippen LogP contribution in [0.4, 0.5) is 5.69 Å². The van der Waals surface area contributed by atoms with Crippen molar-refractivity contribution in [2.75, 3.05) is 18.0 Å². The molecule has 2 atom stereocenters. The maximum atomic E-state index is 6.04. The molecular weight excluding hydrogens is 220 g/mol. The molecule has 3 rings (SSSR count). The number of anilines is 1. The Kier molecular flexibility index (Phi) is 2.56. The van der Waals surface area contributed by atoms with Gasteiger partial charge in [0, 0.05) is 23.3 Å². The lowest BCUT2D eigenvalue weighted by atomic mass is 9.95. The summed E-state index contributed by atoms with van der Waals surface area (Å²) >= 11 is 6.04. The number of aryl methyl sites for hydroxylation is 1. The van der Waals surface area contributed by atoms with E-state index in [0.29, 0.717) is 12.0 Å². The van der Waals surface area contributed by atoms with Crippen molar-refractivity contribution in [1.82, 2.24) is 0 Å². The Morgan fingerprint density at radius 2 is 2.31 bits per heavy atom. The van der Waals surface area contributed by atoms with Gasteiger partial charge in [-0.15, -0.1) is 0 Å². The number of hydrogen-bond acceptors (Lipinski definition) is 2. The summed E-state index contributed by atoms with van der Waals surface area (Å²) in [6.07, 6.45) is 3.68. The van der Waals surface area contributed by atoms with Crippen molar-refractivity contribution in [2.45, 2.75) is 25.3 Å². The molecule has 2 heterocycles. The standard InChI is InChI=1S/C13H17ClN2/c14-11-2-4-13-10(6-11)1-3-12-5-9(7-15)8-16(12)13/h2,4,6,9,12H,1,3,5,7-8,15H2. The Balaban J connectivity index is 1.94. The smallest absolute Gasteiger partial charge is 0.0410 e. The van der Waals surface area contributed by atoms with E-state index in [1.807, 2.05) is 6.07 Å². The SMILES string of the molecule is NCC1CC2CCc3cc(Cl)ccc3N2C1. The van der Waals surface area contributed by atoms with Crippen LogP contribution in [-0.4, -0.2) is 19.1 Å². The number of fused-ring (bicyclic) bond motifs is 3. The second-order valence-corrected chi connectivity index (χ2v) is 5.39. The molecule has 0 bridgehead atoms. The van der Waals surface area contributed by atoms with E-state index in [2.05, 4.69) is 17.0 Å². The van der Waals surface area contributed by atoms with Gasteiger partial charge in [-0.05, 0) is 55.5 Å². The molecule has 1 aromatic carbocycles. The van der Waals surface area contributed by atoms with Crippen molar-refractivity contribution in [3.05, 3.63) is 28.8 Å². The van der Waals surface area contributed by atoms with E-state index in [1.54, 1.807) is 0 Å². The van der Waals surface area contributed by atoms with Crippen LogP contribution in [-0.2, 0) is 6.42 Å². The predicted octanol–water partition coefficient (Wildman–Crippen LogP) is 2.44. The third-order valence-electron chi connectivity index (χ3n) is 3.93. The number of nitrogens with two attached hydrogens (primary N) is 1. The summed E-state index contributed by atoms with van der Waals surface area (Å²) in [5.74, 6) is 0.673. The normalized spacial score (nSPS) is 27.8. The van der Waals surface area contributed by atoms with Crippen molar-refractivity contribution in [2.24, 2.45) is 11.7 Å². The molecule has 0 saturated carbocycles. The molecule has 3 heteroatoms. The predicted molar refractivity (Wildman–Crippen MR) is 68.1 cm³/mol. The molecule has 2 unspecified atom stereocenters. The molecular formula is C13H17ClN2. The molecule has 2 aliphatic rings. The van der Waals surface area contributed by atoms with E-state index in [-0.39, 0.29) is 0 Å². The molecule has 2 N–H and O–H groups in total. The van der Waals surface area contributed by atoms with Gasteiger partial charge >= 0.3 is 0 Å². The fourth-order valence-corrected chi connectivity index (χ4v) is 3.30. The molecule has 16 heavy (non-hydrogen) atoms. The molecule has 0 spiro atoms. The number of nitrogens with zero attached hydrogens (tertiary/aromatic N) is 1. The summed E-state index contributed by atoms with van der Waals surface area (Å²) in [4.78, 5) is 2.53. The average Bonchev–Trinajstić information content (AvgIpc) is 2.71. The van der Waals surface area contributed by atoms with E-state index < -0.39 is 0 Å². The molecule has 1 aromatic rings. The van der Waals surface area contributed by atoms with E-state index >= 15 is 0 Å². The Bertz CT molecular complexity index is 405. The largest absolute Gasteiger partial charge is 0.368 e. The van der Waals surface area contributed by atoms with Crippen LogP contribution < -0.4 is 10.6 Å². The van der Waals surface area contributed by atoms with Gasteiger partial charge < -0.3 is 10.6 Å². The Hall–Kier alpha value is -0.730. The van der Waals surface area contributed by atoms with Crippen molar-refractivity contribution < 1.29 is 0 Å². The van der Waals surface area contributed by atoms with Gasteiger partial charge in [-0.25, -0.2) is 0 Å². The zero-order chi connectivity index (χ0) is 11.1. The first-order chi connectivity index (χ1) is 7.78. The Labute approximate surface area is 101 Å². The van der Waals surface area contributed by atoms with Gasteiger partial charge in [-0.2, -0.15) is 0 Å². The van der Waals surface area contributed by atoms with Crippen LogP contribution in [0, 0.1) is 5.92 Å². The maximum absolute atomic E-state index is 6.04. The van der Waals surface area contributed by atoms with Gasteiger partial charge in [-0.1, -0.05) is 11.6 Å². The number of benzene rings is 1. The molecule has 86 valence electrons. The summed E-state index contributed by atoms with van der Waals surface area (Å²) in [6.45, 7) is 1.94. The van der Waals surface area contributed by atoms with E-state index in [9.17, 15) is 0 Å². The zero-order valence-corrected chi connectivity index (χ0v) is 10.1. The minimum atomic E-state index is 0.673. The number of rotatable bonds is 1. The lowest BCUT2D eigenvalue weighted by molar-refractivity contribution is 0.537. The Morgan fingerprint density at radius 1 is 1.44 bits per heavy atom. The summed E-state index contributed by atoms with van der Waals surface area (Å²) in [7, 11) is 0. The first-order valence-corrected chi connectivity index (χ1v) is 6.41. The molecule has 2 nitrogen and oxygen atoms in total. The summed E-state index contributed by atoms with van der Waals surface area (Å²) < 4.78 is 0. The van der Waals surface area contributed by atoms with Crippen LogP contribution in [0.1, 0.15) is 18.4 Å². The van der Waals surface area contributed by atoms with Gasteiger partial charge in [0.25, 0.3) is 0 Å². The van der Waals surface area contributed by atoms with Crippen LogP contribution in [0.15, 0.2) is 18.2 Å². The summed E-state index contributed by atoms with van der Waals surface area (Å²) in [5, 5.41) is 0.853. The van der Waals surface area contributed by atoms with Crippen LogP contribution in [0.3, 0.4) is 0 Å². The highest BCUT2D eigenvalue weighted by Crippen LogP contribution is 2.38. The van der Waals surface area contributed by atoms with E-state index in [1.165, 1.54) is 24.1 Å². The fraction of sp³-hybridized carbons (Fsp3) is 0.538. The number of halogens is 1. The van der Waals surface area contributed by atoms with Gasteiger partial charge in [0.2, 0.25) is 0 Å². The lowest BCUT2D eigenvalue weighted by Gasteiger charge is -2.33. The lowest BCUT2D eigenvalue weighted by Crippen LogP contribution is -2.34. The third kappa shape index (κ3) is 1.61. The first-order valence-electron chi connectivity index (χ1n) is 6.03. The second-order valence-electron chi connectivity index (χ2n) is 4.96. The summed E-state index contributed by atoms with van der Waals surface area (Å²) in [6, 6.07) is 6.99. The topological polar surface area (TPSA) is 29.3 Å². The van der Waals surface area contributed by atoms with Crippen LogP contribution in [0.25, 0.3) is 0 Å². The van der Waals surface area contributed by atoms with Gasteiger partial charge in [-0.3, -0.25) is 0 Å². The van der Waals surface area contributed by atoms with E-state index in [4.69, 9.17) is 17.3 Å². The average molecular weight is 237 g/mol. The molecule has 0 aromatic heterocycles. The third-order valence-corrected chi connectivity index (χ3v) is 4.17. The van der Waals surface area contributed by atoms with Crippen molar-refractivity contribution in [3.63, 3.8) is 0 Å². The fourth-order valence-electron chi connectivity index (χ4n) is 3.11. The Morgan fingerprint density at radius 3 is 3.12 bits per heavy atom. The maximum Gasteiger partial charge on any atom is 0.0410 e. The van der Waals surface area contributed by atoms with Gasteiger partial charge in [0.1, 0.15) is 0 Å². The molecule has 0 amide bonds. The minimum absolute atomic E-state index is 0.673. The first kappa shape index (κ1) is 10.4. The quantitative estimate of drug-likeness (QED) is 0.812. The highest BCUT2D eigenvalue weighted by atomic mass is 35.5. The molecule has 2 aliphatic heterocycles. The molecule has 1 fully saturated rings. The van der Waals surface area contributed by atoms with Gasteiger partial charge in [0.05, 0.1) is 0 Å². The van der Waals surface area contributed by atoms with Crippen LogP contribution in [0.2, 0.25) is 5.02 Å². The minimum Gasteiger partial charge on any atom is -0.368 e. The van der Waals surface area contributed by atoms with E-state index in [0.717, 1.165) is 24.5 Å². The zero-order valence-electron chi connectivity index (χ0n) is 9.32. The van der Waals surface area contributed by atoms with Crippen molar-refractivity contribution in [1.29, 1.82) is 0 Å². The highest BCUT2D eigenvalue weighted by Gasteiger charge is 2.34. The van der Waals surface area contributed by atoms with Crippen molar-refractivity contribution >= 4 is 17.3 Å². The monoisotopic (exact) mass is 236 g/mol. The summed E-state index contributed by atoms with van der Waals surface area (Å²) in [5.41, 5.74) is 8.57. The second kappa shape index (κ2) is 3.94. The molecule has 1 saturated heterocycles. The molecule has 0 radical (unpaired) electrons. The van der Waals surface area contributed by atoms with Gasteiger partial charge in [0.15, 0.2) is 0 Å². The van der Waals surface area contributed by atoms with Crippen LogP contribution in [0.5, 0.6) is 0 Å². The van der Waals surface area contributed by atoms with Crippen molar-refractivity contribution in [3.8, 4) is 0 Å². The highest BCUT2D eigenvalue weighted by molar-refractivity contribution is 6.30. The number of hydrogen-bond donors (Lipinski definition) is 1.